The molecule has 1 saturated heterocycles. The topological polar surface area (TPSA) is 77.4 Å². The number of nitrogens with two attached hydrogens (primary N) is 2. The first kappa shape index (κ1) is 19.9. The first-order chi connectivity index (χ1) is 13.0. The highest BCUT2D eigenvalue weighted by Crippen LogP contribution is 2.62. The van der Waals surface area contributed by atoms with E-state index in [4.69, 9.17) is 21.2 Å². The van der Waals surface area contributed by atoms with Gasteiger partial charge in [-0.25, -0.2) is 4.98 Å². The Morgan fingerprint density at radius 1 is 1.25 bits per heavy atom. The van der Waals surface area contributed by atoms with Crippen molar-refractivity contribution >= 4 is 5.82 Å². The van der Waals surface area contributed by atoms with E-state index in [1.807, 2.05) is 19.1 Å². The third-order valence-corrected chi connectivity index (χ3v) is 6.55. The second-order valence-electron chi connectivity index (χ2n) is 9.08. The van der Waals surface area contributed by atoms with Crippen LogP contribution >= 0.6 is 0 Å². The van der Waals surface area contributed by atoms with Crippen LogP contribution in [-0.4, -0.2) is 42.5 Å². The first-order valence-electron chi connectivity index (χ1n) is 10.1. The molecule has 8 heteroatoms. The Morgan fingerprint density at radius 3 is 2.50 bits per heavy atom. The van der Waals surface area contributed by atoms with Crippen LogP contribution in [0.3, 0.4) is 0 Å². The van der Waals surface area contributed by atoms with Crippen molar-refractivity contribution < 1.29 is 17.9 Å². The zero-order valence-electron chi connectivity index (χ0n) is 16.4. The van der Waals surface area contributed by atoms with E-state index >= 15 is 0 Å². The SMILES string of the molecule is CCc1nc(N2CC(C)OC(C(F)(F)F)C2)ccc1C1(N)CC2(CC(N)C2)C1. The normalized spacial score (nSPS) is 38.2. The van der Waals surface area contributed by atoms with Crippen LogP contribution in [0.4, 0.5) is 19.0 Å². The van der Waals surface area contributed by atoms with Gasteiger partial charge in [0.2, 0.25) is 0 Å². The van der Waals surface area contributed by atoms with Crippen molar-refractivity contribution in [1.82, 2.24) is 4.98 Å². The van der Waals surface area contributed by atoms with Crippen LogP contribution in [0.2, 0.25) is 0 Å². The van der Waals surface area contributed by atoms with Gasteiger partial charge in [-0.3, -0.25) is 0 Å². The second-order valence-corrected chi connectivity index (χ2v) is 9.08. The number of alkyl halides is 3. The Bertz CT molecular complexity index is 739. The van der Waals surface area contributed by atoms with Gasteiger partial charge in [-0.15, -0.1) is 0 Å². The smallest absolute Gasteiger partial charge is 0.362 e. The molecule has 2 heterocycles. The highest BCUT2D eigenvalue weighted by atomic mass is 19.4. The van der Waals surface area contributed by atoms with E-state index in [0.29, 0.717) is 24.8 Å². The summed E-state index contributed by atoms with van der Waals surface area (Å²) in [4.78, 5) is 6.39. The summed E-state index contributed by atoms with van der Waals surface area (Å²) in [5, 5.41) is 0. The van der Waals surface area contributed by atoms with Gasteiger partial charge in [0.05, 0.1) is 12.6 Å². The van der Waals surface area contributed by atoms with Crippen molar-refractivity contribution in [2.45, 2.75) is 75.9 Å². The molecule has 1 aliphatic heterocycles. The molecule has 2 atom stereocenters. The van der Waals surface area contributed by atoms with Crippen LogP contribution in [0.15, 0.2) is 12.1 Å². The molecular formula is C20H29F3N4O. The van der Waals surface area contributed by atoms with Gasteiger partial charge in [0.15, 0.2) is 6.10 Å². The molecule has 1 aromatic rings. The number of hydrogen-bond donors (Lipinski definition) is 2. The molecular weight excluding hydrogens is 369 g/mol. The van der Waals surface area contributed by atoms with Gasteiger partial charge in [-0.2, -0.15) is 13.2 Å². The average molecular weight is 398 g/mol. The summed E-state index contributed by atoms with van der Waals surface area (Å²) < 4.78 is 44.6. The number of aryl methyl sites for hydroxylation is 1. The monoisotopic (exact) mass is 398 g/mol. The maximum Gasteiger partial charge on any atom is 0.416 e. The van der Waals surface area contributed by atoms with Crippen LogP contribution < -0.4 is 16.4 Å². The van der Waals surface area contributed by atoms with Gasteiger partial charge in [-0.1, -0.05) is 13.0 Å². The Hall–Kier alpha value is -1.38. The van der Waals surface area contributed by atoms with E-state index in [-0.39, 0.29) is 12.0 Å². The molecule has 0 radical (unpaired) electrons. The average Bonchev–Trinajstić information content (AvgIpc) is 2.57. The molecule has 4 N–H and O–H groups in total. The molecule has 0 aromatic carbocycles. The molecule has 2 saturated carbocycles. The summed E-state index contributed by atoms with van der Waals surface area (Å²) in [5.74, 6) is 0.563. The third-order valence-electron chi connectivity index (χ3n) is 6.55. The van der Waals surface area contributed by atoms with Crippen molar-refractivity contribution in [2.24, 2.45) is 16.9 Å². The summed E-state index contributed by atoms with van der Waals surface area (Å²) in [6.45, 7) is 3.81. The summed E-state index contributed by atoms with van der Waals surface area (Å²) in [5.41, 5.74) is 14.4. The fraction of sp³-hybridized carbons (Fsp3) is 0.750. The molecule has 1 aromatic heterocycles. The molecule has 0 bridgehead atoms. The maximum absolute atomic E-state index is 13.2. The predicted octanol–water partition coefficient (Wildman–Crippen LogP) is 2.86. The van der Waals surface area contributed by atoms with E-state index in [1.54, 1.807) is 11.8 Å². The van der Waals surface area contributed by atoms with E-state index in [2.05, 4.69) is 0 Å². The summed E-state index contributed by atoms with van der Waals surface area (Å²) >= 11 is 0. The minimum absolute atomic E-state index is 0.238. The van der Waals surface area contributed by atoms with Gasteiger partial charge in [0.25, 0.3) is 0 Å². The highest BCUT2D eigenvalue weighted by molar-refractivity contribution is 5.46. The fourth-order valence-electron chi connectivity index (χ4n) is 5.53. The molecule has 156 valence electrons. The minimum atomic E-state index is -4.38. The van der Waals surface area contributed by atoms with Crippen LogP contribution in [0.5, 0.6) is 0 Å². The predicted molar refractivity (Wildman–Crippen MR) is 101 cm³/mol. The Kier molecular flexibility index (Phi) is 4.67. The van der Waals surface area contributed by atoms with Crippen LogP contribution in [0.25, 0.3) is 0 Å². The fourth-order valence-corrected chi connectivity index (χ4v) is 5.53. The standard InChI is InChI=1S/C20H29F3N4O/c1-3-15-14(19(25)10-18(11-19)6-13(24)7-18)4-5-17(26-15)27-8-12(2)28-16(9-27)20(21,22)23/h4-5,12-13,16H,3,6-11,24-25H2,1-2H3. The van der Waals surface area contributed by atoms with E-state index < -0.39 is 23.9 Å². The summed E-state index contributed by atoms with van der Waals surface area (Å²) in [6, 6.07) is 4.07. The van der Waals surface area contributed by atoms with Gasteiger partial charge < -0.3 is 21.1 Å². The van der Waals surface area contributed by atoms with Gasteiger partial charge in [0.1, 0.15) is 5.82 Å². The summed E-state index contributed by atoms with van der Waals surface area (Å²) in [7, 11) is 0. The quantitative estimate of drug-likeness (QED) is 0.819. The molecule has 28 heavy (non-hydrogen) atoms. The maximum atomic E-state index is 13.2. The van der Waals surface area contributed by atoms with Crippen LogP contribution in [0, 0.1) is 5.41 Å². The summed E-state index contributed by atoms with van der Waals surface area (Å²) in [6.07, 6.45) is -2.12. The lowest BCUT2D eigenvalue weighted by molar-refractivity contribution is -0.233. The Morgan fingerprint density at radius 2 is 1.93 bits per heavy atom. The largest absolute Gasteiger partial charge is 0.416 e. The lowest BCUT2D eigenvalue weighted by Crippen LogP contribution is -2.63. The number of pyridine rings is 1. The molecule has 4 rings (SSSR count). The van der Waals surface area contributed by atoms with Crippen LogP contribution in [-0.2, 0) is 16.7 Å². The van der Waals surface area contributed by atoms with Crippen molar-refractivity contribution in [1.29, 1.82) is 0 Å². The zero-order valence-corrected chi connectivity index (χ0v) is 16.4. The second kappa shape index (κ2) is 6.57. The number of ether oxygens (including phenoxy) is 1. The van der Waals surface area contributed by atoms with Gasteiger partial charge in [-0.05, 0) is 56.1 Å². The van der Waals surface area contributed by atoms with E-state index in [0.717, 1.165) is 36.9 Å². The number of halogens is 3. The Labute approximate surface area is 163 Å². The zero-order chi connectivity index (χ0) is 20.3. The molecule has 3 aliphatic rings. The van der Waals surface area contributed by atoms with Gasteiger partial charge >= 0.3 is 6.18 Å². The molecule has 2 unspecified atom stereocenters. The van der Waals surface area contributed by atoms with Crippen molar-refractivity contribution in [3.05, 3.63) is 23.4 Å². The van der Waals surface area contributed by atoms with E-state index in [9.17, 15) is 13.2 Å². The molecule has 1 spiro atoms. The number of anilines is 1. The Balaban J connectivity index is 1.54. The minimum Gasteiger partial charge on any atom is -0.362 e. The third kappa shape index (κ3) is 3.39. The number of rotatable bonds is 3. The number of hydrogen-bond acceptors (Lipinski definition) is 5. The van der Waals surface area contributed by atoms with Crippen molar-refractivity contribution in [2.75, 3.05) is 18.0 Å². The number of nitrogens with zero attached hydrogens (tertiary/aromatic N) is 2. The highest BCUT2D eigenvalue weighted by Gasteiger charge is 2.58. The number of aromatic nitrogens is 1. The van der Waals surface area contributed by atoms with Crippen molar-refractivity contribution in [3.63, 3.8) is 0 Å². The molecule has 3 fully saturated rings. The molecule has 0 amide bonds. The van der Waals surface area contributed by atoms with Crippen LogP contribution in [0.1, 0.15) is 50.8 Å². The van der Waals surface area contributed by atoms with Gasteiger partial charge in [0, 0.05) is 23.8 Å². The molecule has 2 aliphatic carbocycles. The van der Waals surface area contributed by atoms with E-state index in [1.165, 1.54) is 0 Å². The lowest BCUT2D eigenvalue weighted by atomic mass is 9.46. The number of morpholine rings is 1. The first-order valence-corrected chi connectivity index (χ1v) is 10.1. The van der Waals surface area contributed by atoms with Crippen molar-refractivity contribution in [3.8, 4) is 0 Å². The lowest BCUT2D eigenvalue weighted by Gasteiger charge is -2.62. The molecule has 5 nitrogen and oxygen atoms in total.